The maximum absolute atomic E-state index is 12.2. The SMILES string of the molecule is Cc1cc(C)c2[nH]c(O)c(N=NC(=O)[C@]3(C)CC3(Br)Br)c2c1. The number of amides is 1. The van der Waals surface area contributed by atoms with Gasteiger partial charge in [0.1, 0.15) is 0 Å². The molecule has 1 heterocycles. The third-order valence-corrected chi connectivity index (χ3v) is 6.48. The molecule has 0 saturated heterocycles. The van der Waals surface area contributed by atoms with E-state index in [1.54, 1.807) is 0 Å². The summed E-state index contributed by atoms with van der Waals surface area (Å²) in [6.45, 7) is 5.74. The first-order valence-corrected chi connectivity index (χ1v) is 8.40. The molecule has 22 heavy (non-hydrogen) atoms. The molecule has 1 aliphatic rings. The first-order chi connectivity index (χ1) is 10.2. The van der Waals surface area contributed by atoms with Crippen molar-refractivity contribution in [3.63, 3.8) is 0 Å². The molecule has 0 aliphatic heterocycles. The maximum Gasteiger partial charge on any atom is 0.272 e. The van der Waals surface area contributed by atoms with E-state index >= 15 is 0 Å². The van der Waals surface area contributed by atoms with Gasteiger partial charge < -0.3 is 10.1 Å². The first kappa shape index (κ1) is 15.7. The number of rotatable bonds is 2. The van der Waals surface area contributed by atoms with Crippen LogP contribution in [0, 0.1) is 19.3 Å². The number of aromatic amines is 1. The summed E-state index contributed by atoms with van der Waals surface area (Å²) in [7, 11) is 0. The second-order valence-corrected chi connectivity index (χ2v) is 9.82. The van der Waals surface area contributed by atoms with Crippen LogP contribution >= 0.6 is 31.9 Å². The van der Waals surface area contributed by atoms with Crippen molar-refractivity contribution in [3.05, 3.63) is 23.3 Å². The number of alkyl halides is 2. The van der Waals surface area contributed by atoms with Crippen molar-refractivity contribution in [2.75, 3.05) is 0 Å². The van der Waals surface area contributed by atoms with E-state index in [1.165, 1.54) is 0 Å². The van der Waals surface area contributed by atoms with Crippen LogP contribution < -0.4 is 0 Å². The number of aromatic nitrogens is 1. The highest BCUT2D eigenvalue weighted by Gasteiger charge is 2.67. The van der Waals surface area contributed by atoms with Gasteiger partial charge in [-0.05, 0) is 38.8 Å². The molecule has 1 amide bonds. The van der Waals surface area contributed by atoms with Gasteiger partial charge >= 0.3 is 0 Å². The standard InChI is InChI=1S/C15H15Br2N3O2/c1-7-4-8(2)10-9(5-7)11(12(21)18-10)19-20-13(22)14(3)6-15(14,16)17/h4-5,18,21H,6H2,1-3H3/t14-/m0/s1. The topological polar surface area (TPSA) is 77.8 Å². The summed E-state index contributed by atoms with van der Waals surface area (Å²) in [6.07, 6.45) is 0.649. The molecule has 1 atom stereocenters. The average Bonchev–Trinajstić information content (AvgIpc) is 2.77. The fourth-order valence-corrected chi connectivity index (χ4v) is 4.03. The molecule has 2 N–H and O–H groups in total. The van der Waals surface area contributed by atoms with Crippen molar-refractivity contribution in [1.29, 1.82) is 0 Å². The Hall–Kier alpha value is -1.21. The minimum Gasteiger partial charge on any atom is -0.493 e. The Kier molecular flexibility index (Phi) is 3.49. The Morgan fingerprint density at radius 2 is 2.00 bits per heavy atom. The van der Waals surface area contributed by atoms with E-state index in [9.17, 15) is 9.90 Å². The summed E-state index contributed by atoms with van der Waals surface area (Å²) in [5.41, 5.74) is 2.56. The largest absolute Gasteiger partial charge is 0.493 e. The molecule has 1 aliphatic carbocycles. The lowest BCUT2D eigenvalue weighted by Gasteiger charge is -2.05. The zero-order valence-corrected chi connectivity index (χ0v) is 15.5. The van der Waals surface area contributed by atoms with Crippen LogP contribution in [-0.2, 0) is 4.79 Å². The third-order valence-electron chi connectivity index (χ3n) is 4.17. The van der Waals surface area contributed by atoms with Gasteiger partial charge in [-0.1, -0.05) is 43.5 Å². The summed E-state index contributed by atoms with van der Waals surface area (Å²) in [4.78, 5) is 15.1. The van der Waals surface area contributed by atoms with Crippen LogP contribution in [0.2, 0.25) is 0 Å². The van der Waals surface area contributed by atoms with Gasteiger partial charge in [0, 0.05) is 5.39 Å². The Morgan fingerprint density at radius 3 is 2.59 bits per heavy atom. The number of carbonyl (C=O) groups excluding carboxylic acids is 1. The fourth-order valence-electron chi connectivity index (χ4n) is 2.56. The normalized spacial score (nSPS) is 23.3. The number of fused-ring (bicyclic) bond motifs is 1. The monoisotopic (exact) mass is 427 g/mol. The molecule has 7 heteroatoms. The molecule has 1 aromatic heterocycles. The number of carbonyl (C=O) groups is 1. The van der Waals surface area contributed by atoms with E-state index < -0.39 is 8.65 Å². The number of aromatic hydroxyl groups is 1. The molecule has 1 fully saturated rings. The highest BCUT2D eigenvalue weighted by molar-refractivity contribution is 9.25. The van der Waals surface area contributed by atoms with Crippen LogP contribution in [-0.4, -0.2) is 19.2 Å². The molecule has 5 nitrogen and oxygen atoms in total. The third kappa shape index (κ3) is 2.31. The van der Waals surface area contributed by atoms with E-state index in [2.05, 4.69) is 47.1 Å². The fraction of sp³-hybridized carbons (Fsp3) is 0.400. The van der Waals surface area contributed by atoms with Gasteiger partial charge in [0.05, 0.1) is 14.2 Å². The predicted octanol–water partition coefficient (Wildman–Crippen LogP) is 5.00. The number of nitrogens with zero attached hydrogens (tertiary/aromatic N) is 2. The van der Waals surface area contributed by atoms with Gasteiger partial charge in [0.2, 0.25) is 5.88 Å². The number of H-pyrrole nitrogens is 1. The van der Waals surface area contributed by atoms with E-state index in [4.69, 9.17) is 0 Å². The Bertz CT molecular complexity index is 826. The van der Waals surface area contributed by atoms with Crippen molar-refractivity contribution >= 4 is 54.4 Å². The number of azo groups is 1. The first-order valence-electron chi connectivity index (χ1n) is 6.81. The Morgan fingerprint density at radius 1 is 1.36 bits per heavy atom. The summed E-state index contributed by atoms with van der Waals surface area (Å²) < 4.78 is -0.404. The van der Waals surface area contributed by atoms with Crippen LogP contribution in [0.4, 0.5) is 5.69 Å². The highest BCUT2D eigenvalue weighted by Crippen LogP contribution is 2.66. The van der Waals surface area contributed by atoms with E-state index in [0.717, 1.165) is 22.0 Å². The van der Waals surface area contributed by atoms with Crippen molar-refractivity contribution in [1.82, 2.24) is 4.98 Å². The smallest absolute Gasteiger partial charge is 0.272 e. The quantitative estimate of drug-likeness (QED) is 0.521. The summed E-state index contributed by atoms with van der Waals surface area (Å²) in [5.74, 6) is -0.399. The number of halogens is 2. The van der Waals surface area contributed by atoms with Crippen LogP contribution in [0.3, 0.4) is 0 Å². The van der Waals surface area contributed by atoms with Crippen LogP contribution in [0.25, 0.3) is 10.9 Å². The molecule has 0 spiro atoms. The predicted molar refractivity (Wildman–Crippen MR) is 92.3 cm³/mol. The zero-order chi connectivity index (χ0) is 16.3. The molecule has 0 bridgehead atoms. The molecule has 3 rings (SSSR count). The van der Waals surface area contributed by atoms with Gasteiger partial charge in [-0.15, -0.1) is 10.2 Å². The highest BCUT2D eigenvalue weighted by atomic mass is 79.9. The maximum atomic E-state index is 12.2. The minimum atomic E-state index is -0.607. The number of nitrogens with one attached hydrogen (secondary N) is 1. The lowest BCUT2D eigenvalue weighted by Crippen LogP contribution is -2.14. The summed E-state index contributed by atoms with van der Waals surface area (Å²) in [6, 6.07) is 3.93. The minimum absolute atomic E-state index is 0.0786. The second kappa shape index (κ2) is 4.89. The van der Waals surface area contributed by atoms with Crippen LogP contribution in [0.5, 0.6) is 5.88 Å². The Labute approximate surface area is 144 Å². The van der Waals surface area contributed by atoms with E-state index in [0.29, 0.717) is 12.1 Å². The lowest BCUT2D eigenvalue weighted by molar-refractivity contribution is -0.122. The molecule has 1 aromatic carbocycles. The molecule has 0 unspecified atom stereocenters. The average molecular weight is 429 g/mol. The summed E-state index contributed by atoms with van der Waals surface area (Å²) >= 11 is 6.88. The zero-order valence-electron chi connectivity index (χ0n) is 12.4. The van der Waals surface area contributed by atoms with Gasteiger partial charge in [-0.2, -0.15) is 0 Å². The number of benzene rings is 1. The Balaban J connectivity index is 2.00. The molecule has 2 aromatic rings. The number of hydrogen-bond acceptors (Lipinski definition) is 3. The van der Waals surface area contributed by atoms with Gasteiger partial charge in [0.15, 0.2) is 5.69 Å². The van der Waals surface area contributed by atoms with Crippen LogP contribution in [0.1, 0.15) is 24.5 Å². The van der Waals surface area contributed by atoms with Crippen molar-refractivity contribution < 1.29 is 9.90 Å². The van der Waals surface area contributed by atoms with Crippen LogP contribution in [0.15, 0.2) is 22.4 Å². The lowest BCUT2D eigenvalue weighted by atomic mass is 10.1. The molecular formula is C15H15Br2N3O2. The molecule has 116 valence electrons. The van der Waals surface area contributed by atoms with Gasteiger partial charge in [-0.3, -0.25) is 4.79 Å². The summed E-state index contributed by atoms with van der Waals surface area (Å²) in [5, 5.41) is 18.6. The number of hydrogen-bond donors (Lipinski definition) is 2. The second-order valence-electron chi connectivity index (χ2n) is 6.05. The van der Waals surface area contributed by atoms with Gasteiger partial charge in [-0.25, -0.2) is 0 Å². The molecule has 0 radical (unpaired) electrons. The van der Waals surface area contributed by atoms with E-state index in [-0.39, 0.29) is 11.8 Å². The van der Waals surface area contributed by atoms with E-state index in [1.807, 2.05) is 32.9 Å². The molecular weight excluding hydrogens is 414 g/mol. The van der Waals surface area contributed by atoms with Gasteiger partial charge in [0.25, 0.3) is 5.91 Å². The van der Waals surface area contributed by atoms with Crippen molar-refractivity contribution in [2.45, 2.75) is 30.4 Å². The van der Waals surface area contributed by atoms with Crippen molar-refractivity contribution in [3.8, 4) is 5.88 Å². The molecule has 1 saturated carbocycles. The van der Waals surface area contributed by atoms with Crippen molar-refractivity contribution in [2.24, 2.45) is 15.6 Å². The number of aryl methyl sites for hydroxylation is 2.